The molecule has 0 radical (unpaired) electrons. The van der Waals surface area contributed by atoms with E-state index in [2.05, 4.69) is 4.98 Å². The Morgan fingerprint density at radius 2 is 1.78 bits per heavy atom. The molecular weight excluding hydrogens is 253 g/mol. The molecule has 0 spiro atoms. The maximum atomic E-state index is 12.2. The maximum absolute atomic E-state index is 12.2. The van der Waals surface area contributed by atoms with Gasteiger partial charge in [0.2, 0.25) is 0 Å². The Labute approximate surface area is 105 Å². The Balaban J connectivity index is 2.54. The Bertz CT molecular complexity index is 606. The molecule has 0 aliphatic carbocycles. The van der Waals surface area contributed by atoms with Crippen LogP contribution in [0.2, 0.25) is 0 Å². The second-order valence-electron chi connectivity index (χ2n) is 3.59. The van der Waals surface area contributed by atoms with Crippen molar-refractivity contribution in [2.24, 2.45) is 0 Å². The van der Waals surface area contributed by atoms with Crippen LogP contribution in [0.5, 0.6) is 5.75 Å². The van der Waals surface area contributed by atoms with Crippen LogP contribution in [0, 0.1) is 0 Å². The summed E-state index contributed by atoms with van der Waals surface area (Å²) in [5.41, 5.74) is 1.01. The van der Waals surface area contributed by atoms with Crippen LogP contribution in [-0.4, -0.2) is 26.3 Å². The van der Waals surface area contributed by atoms with Gasteiger partial charge in [-0.15, -0.1) is 0 Å². The molecule has 0 saturated heterocycles. The monoisotopic (exact) mass is 267 g/mol. The summed E-state index contributed by atoms with van der Waals surface area (Å²) >= 11 is 0. The number of methoxy groups -OCH3 is 1. The fourth-order valence-electron chi connectivity index (χ4n) is 1.63. The Hall–Kier alpha value is -1.42. The summed E-state index contributed by atoms with van der Waals surface area (Å²) in [7, 11) is 0.980. The average Bonchev–Trinajstić information content (AvgIpc) is 2.45. The van der Waals surface area contributed by atoms with Gasteiger partial charge in [-0.25, -0.2) is 4.98 Å². The van der Waals surface area contributed by atoms with E-state index in [4.69, 9.17) is 13.8 Å². The van der Waals surface area contributed by atoms with Crippen molar-refractivity contribution >= 4 is 23.9 Å². The first-order valence-electron chi connectivity index (χ1n) is 5.30. The number of hydrogen-bond acceptors (Lipinski definition) is 5. The lowest BCUT2D eigenvalue weighted by Crippen LogP contribution is -2.11. The van der Waals surface area contributed by atoms with Crippen LogP contribution in [0.25, 0.3) is 10.9 Å². The topological polar surface area (TPSA) is 57.7 Å². The molecular formula is C12H14NO4P. The van der Waals surface area contributed by atoms with Gasteiger partial charge in [0.1, 0.15) is 5.75 Å². The first-order chi connectivity index (χ1) is 8.62. The molecule has 1 heterocycles. The van der Waals surface area contributed by atoms with Gasteiger partial charge in [0.25, 0.3) is 0 Å². The molecule has 1 aromatic heterocycles. The van der Waals surface area contributed by atoms with Gasteiger partial charge in [-0.3, -0.25) is 4.57 Å². The van der Waals surface area contributed by atoms with Crippen LogP contribution >= 0.6 is 7.60 Å². The number of pyridine rings is 1. The largest absolute Gasteiger partial charge is 0.497 e. The van der Waals surface area contributed by atoms with Gasteiger partial charge in [-0.05, 0) is 24.3 Å². The van der Waals surface area contributed by atoms with Crippen molar-refractivity contribution in [1.29, 1.82) is 0 Å². The number of rotatable bonds is 4. The summed E-state index contributed by atoms with van der Waals surface area (Å²) < 4.78 is 27.1. The minimum atomic E-state index is -3.30. The van der Waals surface area contributed by atoms with Crippen molar-refractivity contribution in [2.75, 3.05) is 21.3 Å². The fraction of sp³-hybridized carbons (Fsp3) is 0.250. The van der Waals surface area contributed by atoms with Gasteiger partial charge >= 0.3 is 7.60 Å². The van der Waals surface area contributed by atoms with E-state index in [0.717, 1.165) is 11.1 Å². The third-order valence-electron chi connectivity index (χ3n) is 2.64. The van der Waals surface area contributed by atoms with E-state index in [1.807, 2.05) is 12.1 Å². The van der Waals surface area contributed by atoms with Crippen LogP contribution in [0.15, 0.2) is 30.3 Å². The van der Waals surface area contributed by atoms with Gasteiger partial charge < -0.3 is 13.8 Å². The predicted octanol–water partition coefficient (Wildman–Crippen LogP) is 2.35. The number of aromatic nitrogens is 1. The van der Waals surface area contributed by atoms with E-state index in [9.17, 15) is 4.57 Å². The fourth-order valence-corrected chi connectivity index (χ4v) is 2.64. The second-order valence-corrected chi connectivity index (χ2v) is 5.77. The molecule has 18 heavy (non-hydrogen) atoms. The molecule has 0 aliphatic rings. The van der Waals surface area contributed by atoms with E-state index >= 15 is 0 Å². The molecule has 96 valence electrons. The zero-order valence-corrected chi connectivity index (χ0v) is 11.3. The minimum absolute atomic E-state index is 0.296. The van der Waals surface area contributed by atoms with Crippen molar-refractivity contribution < 1.29 is 18.3 Å². The SMILES string of the molecule is COc1ccc2nc(P(=O)(OC)OC)ccc2c1. The maximum Gasteiger partial charge on any atom is 0.379 e. The molecule has 0 amide bonds. The van der Waals surface area contributed by atoms with Crippen molar-refractivity contribution in [2.45, 2.75) is 0 Å². The summed E-state index contributed by atoms with van der Waals surface area (Å²) in [6.07, 6.45) is 0. The summed E-state index contributed by atoms with van der Waals surface area (Å²) in [5.74, 6) is 0.749. The molecule has 0 fully saturated rings. The van der Waals surface area contributed by atoms with Crippen LogP contribution in [0.1, 0.15) is 0 Å². The first kappa shape index (κ1) is 13.0. The van der Waals surface area contributed by atoms with Crippen molar-refractivity contribution in [3.63, 3.8) is 0 Å². The number of benzene rings is 1. The number of fused-ring (bicyclic) bond motifs is 1. The molecule has 6 heteroatoms. The molecule has 0 unspecified atom stereocenters. The van der Waals surface area contributed by atoms with Crippen molar-refractivity contribution in [1.82, 2.24) is 4.98 Å². The molecule has 5 nitrogen and oxygen atoms in total. The van der Waals surface area contributed by atoms with Crippen LogP contribution < -0.4 is 10.2 Å². The average molecular weight is 267 g/mol. The van der Waals surface area contributed by atoms with E-state index in [-0.39, 0.29) is 0 Å². The minimum Gasteiger partial charge on any atom is -0.497 e. The second kappa shape index (κ2) is 5.06. The van der Waals surface area contributed by atoms with Crippen LogP contribution in [0.4, 0.5) is 0 Å². The molecule has 2 rings (SSSR count). The van der Waals surface area contributed by atoms with E-state index in [1.54, 1.807) is 25.3 Å². The quantitative estimate of drug-likeness (QED) is 0.796. The highest BCUT2D eigenvalue weighted by atomic mass is 31.2. The normalized spacial score (nSPS) is 11.7. The Morgan fingerprint density at radius 1 is 1.06 bits per heavy atom. The lowest BCUT2D eigenvalue weighted by Gasteiger charge is -2.13. The molecule has 0 atom stereocenters. The van der Waals surface area contributed by atoms with Crippen molar-refractivity contribution in [3.05, 3.63) is 30.3 Å². The van der Waals surface area contributed by atoms with Gasteiger partial charge in [-0.2, -0.15) is 0 Å². The van der Waals surface area contributed by atoms with E-state index in [1.165, 1.54) is 14.2 Å². The van der Waals surface area contributed by atoms with Gasteiger partial charge in [0.05, 0.1) is 12.6 Å². The highest BCUT2D eigenvalue weighted by Crippen LogP contribution is 2.44. The highest BCUT2D eigenvalue weighted by molar-refractivity contribution is 7.61. The summed E-state index contributed by atoms with van der Waals surface area (Å²) in [6.45, 7) is 0. The predicted molar refractivity (Wildman–Crippen MR) is 69.6 cm³/mol. The lowest BCUT2D eigenvalue weighted by atomic mass is 10.2. The molecule has 0 bridgehead atoms. The molecule has 1 aromatic carbocycles. The molecule has 0 saturated carbocycles. The molecule has 0 N–H and O–H groups in total. The number of hydrogen-bond donors (Lipinski definition) is 0. The summed E-state index contributed by atoms with van der Waals surface area (Å²) in [6, 6.07) is 8.90. The molecule has 2 aromatic rings. The zero-order chi connectivity index (χ0) is 13.2. The third kappa shape index (κ3) is 2.25. The van der Waals surface area contributed by atoms with Crippen LogP contribution in [-0.2, 0) is 13.6 Å². The van der Waals surface area contributed by atoms with E-state index in [0.29, 0.717) is 11.0 Å². The van der Waals surface area contributed by atoms with E-state index < -0.39 is 7.60 Å². The van der Waals surface area contributed by atoms with Gasteiger partial charge in [0.15, 0.2) is 5.44 Å². The number of ether oxygens (including phenoxy) is 1. The number of nitrogens with zero attached hydrogens (tertiary/aromatic N) is 1. The lowest BCUT2D eigenvalue weighted by molar-refractivity contribution is 0.286. The summed E-state index contributed by atoms with van der Waals surface area (Å²) in [4.78, 5) is 4.30. The van der Waals surface area contributed by atoms with Crippen molar-refractivity contribution in [3.8, 4) is 5.75 Å². The zero-order valence-electron chi connectivity index (χ0n) is 10.4. The van der Waals surface area contributed by atoms with Gasteiger partial charge in [-0.1, -0.05) is 6.07 Å². The third-order valence-corrected chi connectivity index (χ3v) is 4.41. The standard InChI is InChI=1S/C12H14NO4P/c1-15-10-5-6-11-9(8-10)4-7-12(13-11)18(14,16-2)17-3/h4-8H,1-3H3. The smallest absolute Gasteiger partial charge is 0.379 e. The first-order valence-corrected chi connectivity index (χ1v) is 6.84. The Morgan fingerprint density at radius 3 is 2.39 bits per heavy atom. The summed E-state index contributed by atoms with van der Waals surface area (Å²) in [5, 5.41) is 0.900. The van der Waals surface area contributed by atoms with Gasteiger partial charge in [0, 0.05) is 19.6 Å². The van der Waals surface area contributed by atoms with Crippen LogP contribution in [0.3, 0.4) is 0 Å². The Kier molecular flexibility index (Phi) is 3.66. The highest BCUT2D eigenvalue weighted by Gasteiger charge is 2.26. The molecule has 0 aliphatic heterocycles.